The van der Waals surface area contributed by atoms with Gasteiger partial charge in [0.2, 0.25) is 0 Å². The molecule has 1 heterocycles. The molecule has 0 spiro atoms. The van der Waals surface area contributed by atoms with Crippen molar-refractivity contribution in [2.24, 2.45) is 0 Å². The fourth-order valence-corrected chi connectivity index (χ4v) is 2.51. The van der Waals surface area contributed by atoms with E-state index in [1.54, 1.807) is 12.0 Å². The molecule has 0 aliphatic carbocycles. The first-order valence-electron chi connectivity index (χ1n) is 7.55. The molecule has 1 saturated heterocycles. The molecule has 0 radical (unpaired) electrons. The van der Waals surface area contributed by atoms with Gasteiger partial charge >= 0.3 is 0 Å². The monoisotopic (exact) mass is 304 g/mol. The van der Waals surface area contributed by atoms with Gasteiger partial charge in [-0.2, -0.15) is 0 Å². The lowest BCUT2D eigenvalue weighted by Gasteiger charge is -2.24. The van der Waals surface area contributed by atoms with Gasteiger partial charge in [-0.05, 0) is 37.6 Å². The Morgan fingerprint density at radius 2 is 2.27 bits per heavy atom. The highest BCUT2D eigenvalue weighted by molar-refractivity contribution is 5.78. The van der Waals surface area contributed by atoms with Crippen LogP contribution in [0.4, 0.5) is 0 Å². The number of amides is 1. The normalized spacial score (nSPS) is 17.7. The van der Waals surface area contributed by atoms with Crippen LogP contribution >= 0.6 is 0 Å². The quantitative estimate of drug-likeness (QED) is 0.872. The third-order valence-corrected chi connectivity index (χ3v) is 3.87. The van der Waals surface area contributed by atoms with Crippen LogP contribution in [-0.2, 0) is 4.79 Å². The van der Waals surface area contributed by atoms with Crippen molar-refractivity contribution in [3.05, 3.63) is 29.8 Å². The van der Waals surface area contributed by atoms with Crippen molar-refractivity contribution in [1.82, 2.24) is 10.2 Å². The molecule has 120 valence electrons. The molecule has 1 amide bonds. The molecule has 1 aromatic rings. The van der Waals surface area contributed by atoms with E-state index >= 15 is 0 Å². The number of carbonyl (C=O) groups is 1. The summed E-state index contributed by atoms with van der Waals surface area (Å²) in [4.78, 5) is 14.0. The van der Waals surface area contributed by atoms with Crippen LogP contribution in [0.1, 0.15) is 18.9 Å². The molecule has 1 unspecified atom stereocenters. The van der Waals surface area contributed by atoms with Crippen molar-refractivity contribution in [3.8, 4) is 11.5 Å². The molecule has 1 N–H and O–H groups in total. The topological polar surface area (TPSA) is 50.8 Å². The highest BCUT2D eigenvalue weighted by atomic mass is 16.5. The summed E-state index contributed by atoms with van der Waals surface area (Å²) in [7, 11) is 3.43. The minimum absolute atomic E-state index is 0.0201. The average molecular weight is 304 g/mol. The number of hydrogen-bond donors (Lipinski definition) is 1. The molecule has 1 aliphatic heterocycles. The number of nitrogens with one attached hydrogen (secondary N) is 1. The first kappa shape index (κ1) is 16.4. The number of allylic oxidation sites excluding steroid dienone is 1. The van der Waals surface area contributed by atoms with Crippen LogP contribution in [0.3, 0.4) is 0 Å². The molecule has 5 nitrogen and oxygen atoms in total. The Bertz CT molecular complexity index is 537. The number of carbonyl (C=O) groups excluding carboxylic acids is 1. The maximum atomic E-state index is 12.2. The van der Waals surface area contributed by atoms with E-state index in [9.17, 15) is 4.79 Å². The molecule has 1 aromatic carbocycles. The van der Waals surface area contributed by atoms with Gasteiger partial charge in [0.1, 0.15) is 0 Å². The van der Waals surface area contributed by atoms with Gasteiger partial charge < -0.3 is 19.7 Å². The van der Waals surface area contributed by atoms with Crippen molar-refractivity contribution in [2.75, 3.05) is 33.9 Å². The molecule has 2 rings (SSSR count). The predicted molar refractivity (Wildman–Crippen MR) is 87.2 cm³/mol. The largest absolute Gasteiger partial charge is 0.493 e. The lowest BCUT2D eigenvalue weighted by molar-refractivity contribution is -0.133. The maximum Gasteiger partial charge on any atom is 0.260 e. The van der Waals surface area contributed by atoms with Crippen molar-refractivity contribution in [1.29, 1.82) is 0 Å². The van der Waals surface area contributed by atoms with Crippen LogP contribution in [0.2, 0.25) is 0 Å². The molecular formula is C17H24N2O3. The zero-order valence-corrected chi connectivity index (χ0v) is 13.5. The second-order valence-corrected chi connectivity index (χ2v) is 5.35. The van der Waals surface area contributed by atoms with Gasteiger partial charge in [-0.25, -0.2) is 0 Å². The highest BCUT2D eigenvalue weighted by Crippen LogP contribution is 2.28. The molecule has 5 heteroatoms. The van der Waals surface area contributed by atoms with E-state index in [-0.39, 0.29) is 18.6 Å². The number of hydrogen-bond acceptors (Lipinski definition) is 4. The van der Waals surface area contributed by atoms with Crippen molar-refractivity contribution >= 4 is 12.0 Å². The average Bonchev–Trinajstić information content (AvgIpc) is 3.07. The lowest BCUT2D eigenvalue weighted by atomic mass is 10.2. The SMILES string of the molecule is C/C=C/c1ccc(OCC(=O)N(C)C2CCNC2)c(OC)c1. The predicted octanol–water partition coefficient (Wildman–Crippen LogP) is 1.93. The van der Waals surface area contributed by atoms with Crippen LogP contribution in [0.25, 0.3) is 6.08 Å². The maximum absolute atomic E-state index is 12.2. The Kier molecular flexibility index (Phi) is 5.83. The number of nitrogens with zero attached hydrogens (tertiary/aromatic N) is 1. The summed E-state index contributed by atoms with van der Waals surface area (Å²) in [5.41, 5.74) is 1.03. The van der Waals surface area contributed by atoms with E-state index in [0.717, 1.165) is 25.1 Å². The number of benzene rings is 1. The van der Waals surface area contributed by atoms with E-state index in [0.29, 0.717) is 11.5 Å². The molecule has 22 heavy (non-hydrogen) atoms. The molecule has 0 bridgehead atoms. The fraction of sp³-hybridized carbons (Fsp3) is 0.471. The summed E-state index contributed by atoms with van der Waals surface area (Å²) in [6.07, 6.45) is 4.94. The summed E-state index contributed by atoms with van der Waals surface area (Å²) in [6, 6.07) is 5.92. The Morgan fingerprint density at radius 1 is 1.45 bits per heavy atom. The van der Waals surface area contributed by atoms with E-state index in [1.165, 1.54) is 0 Å². The van der Waals surface area contributed by atoms with E-state index in [1.807, 2.05) is 44.3 Å². The lowest BCUT2D eigenvalue weighted by Crippen LogP contribution is -2.40. The van der Waals surface area contributed by atoms with Gasteiger partial charge in [-0.15, -0.1) is 0 Å². The van der Waals surface area contributed by atoms with Crippen LogP contribution in [-0.4, -0.2) is 50.7 Å². The summed E-state index contributed by atoms with van der Waals surface area (Å²) >= 11 is 0. The zero-order valence-electron chi connectivity index (χ0n) is 13.5. The minimum Gasteiger partial charge on any atom is -0.493 e. The summed E-state index contributed by atoms with van der Waals surface area (Å²) in [5.74, 6) is 1.20. The van der Waals surface area contributed by atoms with Gasteiger partial charge in [0.15, 0.2) is 18.1 Å². The van der Waals surface area contributed by atoms with Gasteiger partial charge in [0, 0.05) is 19.6 Å². The summed E-state index contributed by atoms with van der Waals surface area (Å²) in [6.45, 7) is 3.79. The third-order valence-electron chi connectivity index (χ3n) is 3.87. The Morgan fingerprint density at radius 3 is 2.91 bits per heavy atom. The van der Waals surface area contributed by atoms with Gasteiger partial charge in [0.25, 0.3) is 5.91 Å². The summed E-state index contributed by atoms with van der Waals surface area (Å²) < 4.78 is 11.0. The van der Waals surface area contributed by atoms with Gasteiger partial charge in [0.05, 0.1) is 7.11 Å². The van der Waals surface area contributed by atoms with Crippen LogP contribution in [0.5, 0.6) is 11.5 Å². The van der Waals surface area contributed by atoms with E-state index < -0.39 is 0 Å². The van der Waals surface area contributed by atoms with Crippen molar-refractivity contribution < 1.29 is 14.3 Å². The molecule has 1 fully saturated rings. The van der Waals surface area contributed by atoms with Crippen molar-refractivity contribution in [3.63, 3.8) is 0 Å². The first-order chi connectivity index (χ1) is 10.7. The Labute approximate surface area is 131 Å². The molecule has 0 saturated carbocycles. The van der Waals surface area contributed by atoms with Crippen LogP contribution in [0, 0.1) is 0 Å². The number of methoxy groups -OCH3 is 1. The first-order valence-corrected chi connectivity index (χ1v) is 7.55. The number of likely N-dealkylation sites (N-methyl/N-ethyl adjacent to an activating group) is 1. The van der Waals surface area contributed by atoms with Gasteiger partial charge in [-0.1, -0.05) is 18.2 Å². The third kappa shape index (κ3) is 4.01. The van der Waals surface area contributed by atoms with Gasteiger partial charge in [-0.3, -0.25) is 4.79 Å². The van der Waals surface area contributed by atoms with Crippen molar-refractivity contribution in [2.45, 2.75) is 19.4 Å². The smallest absolute Gasteiger partial charge is 0.260 e. The molecular weight excluding hydrogens is 280 g/mol. The molecule has 1 aliphatic rings. The van der Waals surface area contributed by atoms with E-state index in [4.69, 9.17) is 9.47 Å². The number of ether oxygens (including phenoxy) is 2. The highest BCUT2D eigenvalue weighted by Gasteiger charge is 2.23. The molecule has 1 atom stereocenters. The molecule has 0 aromatic heterocycles. The summed E-state index contributed by atoms with van der Waals surface area (Å²) in [5, 5.41) is 3.26. The Hall–Kier alpha value is -2.01. The Balaban J connectivity index is 1.96. The number of rotatable bonds is 6. The zero-order chi connectivity index (χ0) is 15.9. The van der Waals surface area contributed by atoms with Crippen LogP contribution in [0.15, 0.2) is 24.3 Å². The second-order valence-electron chi connectivity index (χ2n) is 5.35. The minimum atomic E-state index is -0.0201. The fourth-order valence-electron chi connectivity index (χ4n) is 2.51. The standard InChI is InChI=1S/C17H24N2O3/c1-4-5-13-6-7-15(16(10-13)21-3)22-12-17(20)19(2)14-8-9-18-11-14/h4-7,10,14,18H,8-9,11-12H2,1-3H3/b5-4+. The van der Waals surface area contributed by atoms with E-state index in [2.05, 4.69) is 5.32 Å². The van der Waals surface area contributed by atoms with Crippen LogP contribution < -0.4 is 14.8 Å². The second kappa shape index (κ2) is 7.84.